The smallest absolute Gasteiger partial charge is 0.169 e. The van der Waals surface area contributed by atoms with E-state index < -0.39 is 0 Å². The Kier molecular flexibility index (Phi) is 4.52. The van der Waals surface area contributed by atoms with E-state index in [1.54, 1.807) is 11.3 Å². The number of carbonyl (C=O) groups excluding carboxylic acids is 1. The highest BCUT2D eigenvalue weighted by atomic mass is 79.9. The van der Waals surface area contributed by atoms with Crippen LogP contribution in [0.15, 0.2) is 34.1 Å². The number of nitrogens with zero attached hydrogens (tertiary/aromatic N) is 2. The number of rotatable bonds is 4. The van der Waals surface area contributed by atoms with Gasteiger partial charge in [-0.05, 0) is 26.0 Å². The average molecular weight is 393 g/mol. The SMILES string of the molecule is Cc1nc(C)c(-c2csc(CC(=O)c3ccc(Br)cc3)n2)s1. The minimum atomic E-state index is 0.0885. The molecule has 0 saturated carbocycles. The second kappa shape index (κ2) is 6.40. The molecule has 3 rings (SSSR count). The quantitative estimate of drug-likeness (QED) is 0.581. The van der Waals surface area contributed by atoms with E-state index in [2.05, 4.69) is 25.9 Å². The van der Waals surface area contributed by atoms with Crippen molar-refractivity contribution in [3.63, 3.8) is 0 Å². The third-order valence-electron chi connectivity index (χ3n) is 3.17. The highest BCUT2D eigenvalue weighted by Crippen LogP contribution is 2.30. The standard InChI is InChI=1S/C16H13BrN2OS2/c1-9-16(22-10(2)18-9)13-8-21-15(19-13)7-14(20)11-3-5-12(17)6-4-11/h3-6,8H,7H2,1-2H3. The minimum Gasteiger partial charge on any atom is -0.294 e. The van der Waals surface area contributed by atoms with Gasteiger partial charge in [-0.25, -0.2) is 9.97 Å². The first-order chi connectivity index (χ1) is 10.5. The summed E-state index contributed by atoms with van der Waals surface area (Å²) >= 11 is 6.54. The molecule has 3 aromatic rings. The van der Waals surface area contributed by atoms with Crippen LogP contribution in [0.3, 0.4) is 0 Å². The minimum absolute atomic E-state index is 0.0885. The summed E-state index contributed by atoms with van der Waals surface area (Å²) in [7, 11) is 0. The van der Waals surface area contributed by atoms with Gasteiger partial charge in [0.05, 0.1) is 27.7 Å². The van der Waals surface area contributed by atoms with Crippen molar-refractivity contribution in [2.75, 3.05) is 0 Å². The van der Waals surface area contributed by atoms with E-state index in [1.807, 2.05) is 43.5 Å². The van der Waals surface area contributed by atoms with Crippen LogP contribution in [0, 0.1) is 13.8 Å². The van der Waals surface area contributed by atoms with Crippen LogP contribution in [0.1, 0.15) is 26.1 Å². The van der Waals surface area contributed by atoms with Gasteiger partial charge in [-0.15, -0.1) is 22.7 Å². The van der Waals surface area contributed by atoms with Gasteiger partial charge < -0.3 is 0 Å². The van der Waals surface area contributed by atoms with Gasteiger partial charge in [0.25, 0.3) is 0 Å². The highest BCUT2D eigenvalue weighted by Gasteiger charge is 2.14. The molecule has 0 atom stereocenters. The molecule has 6 heteroatoms. The Morgan fingerprint density at radius 3 is 2.55 bits per heavy atom. The van der Waals surface area contributed by atoms with Crippen molar-refractivity contribution in [3.05, 3.63) is 55.4 Å². The first-order valence-electron chi connectivity index (χ1n) is 6.70. The number of aromatic nitrogens is 2. The Morgan fingerprint density at radius 1 is 1.18 bits per heavy atom. The van der Waals surface area contributed by atoms with Gasteiger partial charge in [-0.2, -0.15) is 0 Å². The first-order valence-corrected chi connectivity index (χ1v) is 9.19. The Hall–Kier alpha value is -1.37. The summed E-state index contributed by atoms with van der Waals surface area (Å²) in [5, 5.41) is 3.88. The highest BCUT2D eigenvalue weighted by molar-refractivity contribution is 9.10. The maximum atomic E-state index is 12.3. The molecule has 112 valence electrons. The van der Waals surface area contributed by atoms with Crippen molar-refractivity contribution in [1.29, 1.82) is 0 Å². The molecule has 3 nitrogen and oxygen atoms in total. The third kappa shape index (κ3) is 3.34. The number of hydrogen-bond acceptors (Lipinski definition) is 5. The molecule has 22 heavy (non-hydrogen) atoms. The van der Waals surface area contributed by atoms with E-state index in [4.69, 9.17) is 0 Å². The fraction of sp³-hybridized carbons (Fsp3) is 0.188. The monoisotopic (exact) mass is 392 g/mol. The molecule has 0 saturated heterocycles. The zero-order valence-electron chi connectivity index (χ0n) is 12.1. The molecule has 2 aromatic heterocycles. The zero-order valence-corrected chi connectivity index (χ0v) is 15.3. The zero-order chi connectivity index (χ0) is 15.7. The number of hydrogen-bond donors (Lipinski definition) is 0. The Balaban J connectivity index is 1.78. The summed E-state index contributed by atoms with van der Waals surface area (Å²) in [6.07, 6.45) is 0.336. The van der Waals surface area contributed by atoms with Crippen LogP contribution in [0.2, 0.25) is 0 Å². The lowest BCUT2D eigenvalue weighted by Crippen LogP contribution is -2.02. The predicted octanol–water partition coefficient (Wildman–Crippen LogP) is 5.07. The van der Waals surface area contributed by atoms with Gasteiger partial charge in [-0.1, -0.05) is 28.1 Å². The van der Waals surface area contributed by atoms with Crippen LogP contribution in [-0.2, 0) is 6.42 Å². The molecule has 0 unspecified atom stereocenters. The molecule has 1 aromatic carbocycles. The molecular weight excluding hydrogens is 380 g/mol. The van der Waals surface area contributed by atoms with Gasteiger partial charge in [0.1, 0.15) is 5.01 Å². The largest absolute Gasteiger partial charge is 0.294 e. The predicted molar refractivity (Wildman–Crippen MR) is 94.9 cm³/mol. The van der Waals surface area contributed by atoms with Crippen molar-refractivity contribution in [2.24, 2.45) is 0 Å². The number of carbonyl (C=O) groups is 1. The molecule has 0 amide bonds. The van der Waals surface area contributed by atoms with Crippen LogP contribution in [0.25, 0.3) is 10.6 Å². The van der Waals surface area contributed by atoms with E-state index in [0.29, 0.717) is 12.0 Å². The second-order valence-corrected chi connectivity index (χ2v) is 7.94. The summed E-state index contributed by atoms with van der Waals surface area (Å²) < 4.78 is 0.969. The Labute approximate surface area is 145 Å². The van der Waals surface area contributed by atoms with Crippen LogP contribution in [-0.4, -0.2) is 15.8 Å². The fourth-order valence-electron chi connectivity index (χ4n) is 2.14. The Morgan fingerprint density at radius 2 is 1.91 bits per heavy atom. The van der Waals surface area contributed by atoms with E-state index in [9.17, 15) is 4.79 Å². The first kappa shape index (κ1) is 15.5. The molecule has 0 radical (unpaired) electrons. The topological polar surface area (TPSA) is 42.9 Å². The molecule has 0 aliphatic carbocycles. The van der Waals surface area contributed by atoms with Crippen LogP contribution >= 0.6 is 38.6 Å². The van der Waals surface area contributed by atoms with Crippen molar-refractivity contribution >= 4 is 44.4 Å². The molecule has 2 heterocycles. The van der Waals surface area contributed by atoms with E-state index in [-0.39, 0.29) is 5.78 Å². The number of aryl methyl sites for hydroxylation is 2. The molecular formula is C16H13BrN2OS2. The van der Waals surface area contributed by atoms with Crippen molar-refractivity contribution in [3.8, 4) is 10.6 Å². The molecule has 0 N–H and O–H groups in total. The lowest BCUT2D eigenvalue weighted by molar-refractivity contribution is 0.0993. The van der Waals surface area contributed by atoms with Crippen LogP contribution < -0.4 is 0 Å². The fourth-order valence-corrected chi connectivity index (χ4v) is 4.14. The number of thiazole rings is 2. The van der Waals surface area contributed by atoms with Gasteiger partial charge in [-0.3, -0.25) is 4.79 Å². The normalized spacial score (nSPS) is 10.9. The van der Waals surface area contributed by atoms with E-state index >= 15 is 0 Å². The lowest BCUT2D eigenvalue weighted by Gasteiger charge is -1.99. The van der Waals surface area contributed by atoms with Crippen molar-refractivity contribution in [2.45, 2.75) is 20.3 Å². The summed E-state index contributed by atoms with van der Waals surface area (Å²) in [4.78, 5) is 22.4. The number of ketones is 1. The number of halogens is 1. The number of benzene rings is 1. The van der Waals surface area contributed by atoms with E-state index in [1.165, 1.54) is 11.3 Å². The average Bonchev–Trinajstić information content (AvgIpc) is 3.06. The maximum absolute atomic E-state index is 12.3. The molecule has 0 spiro atoms. The summed E-state index contributed by atoms with van der Waals surface area (Å²) in [6, 6.07) is 7.42. The molecule has 0 bridgehead atoms. The van der Waals surface area contributed by atoms with Gasteiger partial charge in [0.2, 0.25) is 0 Å². The summed E-state index contributed by atoms with van der Waals surface area (Å²) in [6.45, 7) is 3.98. The van der Waals surface area contributed by atoms with Gasteiger partial charge in [0.15, 0.2) is 5.78 Å². The molecule has 0 aliphatic heterocycles. The summed E-state index contributed by atoms with van der Waals surface area (Å²) in [5.41, 5.74) is 2.63. The van der Waals surface area contributed by atoms with Crippen molar-refractivity contribution in [1.82, 2.24) is 9.97 Å². The van der Waals surface area contributed by atoms with Crippen molar-refractivity contribution < 1.29 is 4.79 Å². The molecule has 0 fully saturated rings. The maximum Gasteiger partial charge on any atom is 0.169 e. The molecule has 0 aliphatic rings. The Bertz CT molecular complexity index is 821. The van der Waals surface area contributed by atoms with Crippen LogP contribution in [0.5, 0.6) is 0 Å². The van der Waals surface area contributed by atoms with Gasteiger partial charge in [0, 0.05) is 15.4 Å². The lowest BCUT2D eigenvalue weighted by atomic mass is 10.1. The third-order valence-corrected chi connectivity index (χ3v) is 5.64. The van der Waals surface area contributed by atoms with Gasteiger partial charge >= 0.3 is 0 Å². The number of Topliss-reactive ketones (excluding diaryl/α,β-unsaturated/α-hetero) is 1. The van der Waals surface area contributed by atoms with Crippen LogP contribution in [0.4, 0.5) is 0 Å². The summed E-state index contributed by atoms with van der Waals surface area (Å²) in [5.74, 6) is 0.0885. The second-order valence-electron chi connectivity index (χ2n) is 4.88. The van der Waals surface area contributed by atoms with E-state index in [0.717, 1.165) is 30.8 Å².